The third kappa shape index (κ3) is 3.82. The largest absolute Gasteiger partial charge is 0.497 e. The predicted octanol–water partition coefficient (Wildman–Crippen LogP) is 5.28. The number of halogens is 2. The first-order valence-electron chi connectivity index (χ1n) is 9.02. The van der Waals surface area contributed by atoms with Gasteiger partial charge in [-0.2, -0.15) is 0 Å². The van der Waals surface area contributed by atoms with Crippen molar-refractivity contribution < 1.29 is 19.0 Å². The summed E-state index contributed by atoms with van der Waals surface area (Å²) >= 11 is 2.02. The van der Waals surface area contributed by atoms with Crippen LogP contribution in [0.4, 0.5) is 15.8 Å². The van der Waals surface area contributed by atoms with E-state index in [-0.39, 0.29) is 11.4 Å². The summed E-state index contributed by atoms with van der Waals surface area (Å²) in [6.07, 6.45) is 3.19. The molecule has 4 rings (SSSR count). The van der Waals surface area contributed by atoms with E-state index >= 15 is 0 Å². The third-order valence-corrected chi connectivity index (χ3v) is 5.43. The monoisotopic (exact) mass is 517 g/mol. The minimum absolute atomic E-state index is 0.0340. The lowest BCUT2D eigenvalue weighted by Crippen LogP contribution is -2.11. The molecule has 0 saturated heterocycles. The van der Waals surface area contributed by atoms with Gasteiger partial charge in [-0.1, -0.05) is 12.1 Å². The van der Waals surface area contributed by atoms with E-state index in [0.717, 1.165) is 14.9 Å². The maximum Gasteiger partial charge on any atom is 0.354 e. The summed E-state index contributed by atoms with van der Waals surface area (Å²) in [5, 5.41) is 13.6. The lowest BCUT2D eigenvalue weighted by atomic mass is 10.2. The summed E-state index contributed by atoms with van der Waals surface area (Å²) in [5.41, 5.74) is 2.13. The van der Waals surface area contributed by atoms with E-state index in [1.54, 1.807) is 42.3 Å². The molecular weight excluding hydrogens is 500 g/mol. The molecule has 0 amide bonds. The van der Waals surface area contributed by atoms with Crippen LogP contribution < -0.4 is 10.1 Å². The van der Waals surface area contributed by atoms with Gasteiger partial charge >= 0.3 is 5.97 Å². The van der Waals surface area contributed by atoms with Crippen LogP contribution in [0.5, 0.6) is 5.75 Å². The van der Waals surface area contributed by atoms with Crippen LogP contribution >= 0.6 is 22.6 Å². The summed E-state index contributed by atoms with van der Waals surface area (Å²) < 4.78 is 22.1. The minimum atomic E-state index is -1.12. The van der Waals surface area contributed by atoms with E-state index < -0.39 is 11.8 Å². The lowest BCUT2D eigenvalue weighted by Gasteiger charge is -2.11. The zero-order valence-corrected chi connectivity index (χ0v) is 18.1. The van der Waals surface area contributed by atoms with E-state index in [0.29, 0.717) is 23.1 Å². The fourth-order valence-corrected chi connectivity index (χ4v) is 3.80. The molecule has 0 bridgehead atoms. The van der Waals surface area contributed by atoms with Gasteiger partial charge in [0.2, 0.25) is 0 Å². The van der Waals surface area contributed by atoms with Gasteiger partial charge in [0.15, 0.2) is 5.69 Å². The fourth-order valence-electron chi connectivity index (χ4n) is 3.35. The van der Waals surface area contributed by atoms with Gasteiger partial charge in [-0.05, 0) is 64.6 Å². The number of nitrogens with zero attached hydrogens (tertiary/aromatic N) is 2. The number of hydrogen-bond acceptors (Lipinski definition) is 4. The van der Waals surface area contributed by atoms with Crippen molar-refractivity contribution in [2.45, 2.75) is 6.54 Å². The van der Waals surface area contributed by atoms with Crippen molar-refractivity contribution in [2.24, 2.45) is 0 Å². The maximum atomic E-state index is 14.4. The number of aromatic carboxylic acids is 1. The van der Waals surface area contributed by atoms with Crippen LogP contribution in [0.15, 0.2) is 60.9 Å². The Morgan fingerprint density at radius 1 is 1.23 bits per heavy atom. The molecule has 6 nitrogen and oxygen atoms in total. The Balaban J connectivity index is 1.85. The van der Waals surface area contributed by atoms with Crippen molar-refractivity contribution >= 4 is 50.8 Å². The van der Waals surface area contributed by atoms with Crippen LogP contribution in [0.3, 0.4) is 0 Å². The Morgan fingerprint density at radius 2 is 2.00 bits per heavy atom. The highest BCUT2D eigenvalue weighted by atomic mass is 127. The number of hydrogen-bond donors (Lipinski definition) is 2. The maximum absolute atomic E-state index is 14.4. The van der Waals surface area contributed by atoms with Crippen LogP contribution in [-0.4, -0.2) is 27.7 Å². The molecular formula is C22H17FIN3O3. The standard InChI is InChI=1S/C22H17FIN3O3/c1-30-15-5-2-13(3-6-15)12-27-19-8-9-25-11-16(19)20(21(27)22(28)29)26-18-7-4-14(24)10-17(18)23/h2-11,26H,12H2,1H3,(H,28,29). The van der Waals surface area contributed by atoms with Gasteiger partial charge in [-0.3, -0.25) is 4.98 Å². The van der Waals surface area contributed by atoms with Gasteiger partial charge in [0.25, 0.3) is 0 Å². The van der Waals surface area contributed by atoms with Gasteiger partial charge in [0.05, 0.1) is 24.0 Å². The number of aromatic nitrogens is 2. The van der Waals surface area contributed by atoms with Gasteiger partial charge in [-0.25, -0.2) is 9.18 Å². The number of nitrogens with one attached hydrogen (secondary N) is 1. The summed E-state index contributed by atoms with van der Waals surface area (Å²) in [5.74, 6) is -0.860. The summed E-state index contributed by atoms with van der Waals surface area (Å²) in [6, 6.07) is 13.9. The minimum Gasteiger partial charge on any atom is -0.497 e. The molecule has 0 spiro atoms. The van der Waals surface area contributed by atoms with Crippen molar-refractivity contribution in [1.29, 1.82) is 0 Å². The van der Waals surface area contributed by atoms with E-state index in [2.05, 4.69) is 10.3 Å². The molecule has 0 fully saturated rings. The van der Waals surface area contributed by atoms with Gasteiger partial charge < -0.3 is 19.7 Å². The molecule has 0 radical (unpaired) electrons. The number of pyridine rings is 1. The highest BCUT2D eigenvalue weighted by molar-refractivity contribution is 14.1. The molecule has 2 aromatic carbocycles. The van der Waals surface area contributed by atoms with Gasteiger partial charge in [0, 0.05) is 27.9 Å². The number of carboxylic acids is 1. The number of anilines is 2. The molecule has 0 aliphatic heterocycles. The van der Waals surface area contributed by atoms with E-state index in [1.165, 1.54) is 6.07 Å². The second kappa shape index (κ2) is 8.31. The highest BCUT2D eigenvalue weighted by Gasteiger charge is 2.23. The molecule has 0 aliphatic rings. The molecule has 0 saturated carbocycles. The van der Waals surface area contributed by atoms with E-state index in [4.69, 9.17) is 4.74 Å². The van der Waals surface area contributed by atoms with E-state index in [1.807, 2.05) is 46.9 Å². The number of fused-ring (bicyclic) bond motifs is 1. The average Bonchev–Trinajstić information content (AvgIpc) is 3.04. The van der Waals surface area contributed by atoms with Crippen LogP contribution in [0, 0.1) is 9.39 Å². The molecule has 2 N–H and O–H groups in total. The molecule has 152 valence electrons. The molecule has 0 atom stereocenters. The van der Waals surface area contributed by atoms with Gasteiger partial charge in [0.1, 0.15) is 11.6 Å². The lowest BCUT2D eigenvalue weighted by molar-refractivity contribution is 0.0687. The predicted molar refractivity (Wildman–Crippen MR) is 121 cm³/mol. The first kappa shape index (κ1) is 20.1. The SMILES string of the molecule is COc1ccc(Cn2c(C(=O)O)c(Nc3ccc(I)cc3F)c3cnccc32)cc1. The molecule has 2 aromatic heterocycles. The zero-order chi connectivity index (χ0) is 21.3. The number of rotatable bonds is 6. The fraction of sp³-hybridized carbons (Fsp3) is 0.0909. The summed E-state index contributed by atoms with van der Waals surface area (Å²) in [6.45, 7) is 0.322. The molecule has 4 aromatic rings. The number of benzene rings is 2. The summed E-state index contributed by atoms with van der Waals surface area (Å²) in [7, 11) is 1.59. The quantitative estimate of drug-likeness (QED) is 0.341. The number of ether oxygens (including phenoxy) is 1. The van der Waals surface area contributed by atoms with Crippen molar-refractivity contribution in [3.8, 4) is 5.75 Å². The second-order valence-corrected chi connectivity index (χ2v) is 7.85. The first-order chi connectivity index (χ1) is 14.5. The Bertz CT molecular complexity index is 1240. The van der Waals surface area contributed by atoms with Crippen molar-refractivity contribution in [3.63, 3.8) is 0 Å². The Labute approximate surface area is 185 Å². The van der Waals surface area contributed by atoms with Crippen LogP contribution in [0.1, 0.15) is 16.1 Å². The average molecular weight is 517 g/mol. The number of methoxy groups -OCH3 is 1. The first-order valence-corrected chi connectivity index (χ1v) is 10.1. The molecule has 0 aliphatic carbocycles. The van der Waals surface area contributed by atoms with Crippen LogP contribution in [-0.2, 0) is 6.54 Å². The van der Waals surface area contributed by atoms with Crippen molar-refractivity contribution in [2.75, 3.05) is 12.4 Å². The Kier molecular flexibility index (Phi) is 5.58. The Hall–Kier alpha value is -3.14. The topological polar surface area (TPSA) is 76.4 Å². The molecule has 2 heterocycles. The summed E-state index contributed by atoms with van der Waals surface area (Å²) in [4.78, 5) is 16.4. The van der Waals surface area contributed by atoms with Crippen molar-refractivity contribution in [3.05, 3.63) is 81.6 Å². The molecule has 8 heteroatoms. The molecule has 30 heavy (non-hydrogen) atoms. The normalized spacial score (nSPS) is 10.9. The Morgan fingerprint density at radius 3 is 2.67 bits per heavy atom. The second-order valence-electron chi connectivity index (χ2n) is 6.60. The number of carbonyl (C=O) groups is 1. The van der Waals surface area contributed by atoms with Gasteiger partial charge in [-0.15, -0.1) is 0 Å². The van der Waals surface area contributed by atoms with Crippen molar-refractivity contribution in [1.82, 2.24) is 9.55 Å². The third-order valence-electron chi connectivity index (χ3n) is 4.76. The number of carboxylic acid groups (broad SMARTS) is 1. The smallest absolute Gasteiger partial charge is 0.354 e. The molecule has 0 unspecified atom stereocenters. The highest BCUT2D eigenvalue weighted by Crippen LogP contribution is 2.34. The zero-order valence-electron chi connectivity index (χ0n) is 15.9. The van der Waals surface area contributed by atoms with Crippen LogP contribution in [0.25, 0.3) is 10.9 Å². The van der Waals surface area contributed by atoms with E-state index in [9.17, 15) is 14.3 Å². The van der Waals surface area contributed by atoms with Crippen LogP contribution in [0.2, 0.25) is 0 Å².